The normalized spacial score (nSPS) is 17.0. The number of nitrogens with zero attached hydrogens (tertiary/aromatic N) is 5. The van der Waals surface area contributed by atoms with Crippen LogP contribution in [0.15, 0.2) is 34.1 Å². The number of fused-ring (bicyclic) bond motifs is 1. The fourth-order valence-corrected chi connectivity index (χ4v) is 4.77. The highest BCUT2D eigenvalue weighted by Gasteiger charge is 2.37. The van der Waals surface area contributed by atoms with Crippen molar-refractivity contribution in [2.24, 2.45) is 5.18 Å². The van der Waals surface area contributed by atoms with Gasteiger partial charge in [0.1, 0.15) is 21.6 Å². The van der Waals surface area contributed by atoms with Gasteiger partial charge in [-0.05, 0) is 25.5 Å². The minimum absolute atomic E-state index is 0.0547. The molecule has 4 heterocycles. The number of anilines is 1. The van der Waals surface area contributed by atoms with Crippen molar-refractivity contribution >= 4 is 27.2 Å². The summed E-state index contributed by atoms with van der Waals surface area (Å²) in [6.45, 7) is 1.94. The van der Waals surface area contributed by atoms with Crippen molar-refractivity contribution in [3.8, 4) is 21.3 Å². The highest BCUT2D eigenvalue weighted by atomic mass is 32.2. The van der Waals surface area contributed by atoms with Gasteiger partial charge in [-0.1, -0.05) is 5.18 Å². The summed E-state index contributed by atoms with van der Waals surface area (Å²) in [5.41, 5.74) is 1.80. The molecule has 1 unspecified atom stereocenters. The molecule has 1 atom stereocenters. The van der Waals surface area contributed by atoms with Crippen molar-refractivity contribution in [2.45, 2.75) is 19.4 Å². The SMILES string of the molecule is Cc1nc(-c2cccnc2)sc1-c1nc2c(o1)N(S(C)(=O)=O)CCC2N=O. The fraction of sp³-hybridized carbons (Fsp3) is 0.312. The third-order valence-corrected chi connectivity index (χ3v) is 6.55. The minimum Gasteiger partial charge on any atom is -0.418 e. The lowest BCUT2D eigenvalue weighted by Crippen LogP contribution is -2.35. The van der Waals surface area contributed by atoms with Crippen LogP contribution in [0.4, 0.5) is 5.88 Å². The molecule has 27 heavy (non-hydrogen) atoms. The van der Waals surface area contributed by atoms with Gasteiger partial charge in [0.05, 0.1) is 11.9 Å². The van der Waals surface area contributed by atoms with Gasteiger partial charge in [-0.3, -0.25) is 4.98 Å². The standard InChI is InChI=1S/C16H15N5O4S2/c1-9-13(26-15(18-9)10-4-3-6-17-8-10)14-19-12-11(20-22)5-7-21(16(12)25-14)27(2,23)24/h3-4,6,8,11H,5,7H2,1-2H3. The first-order valence-corrected chi connectivity index (χ1v) is 10.7. The lowest BCUT2D eigenvalue weighted by atomic mass is 10.1. The molecule has 9 nitrogen and oxygen atoms in total. The summed E-state index contributed by atoms with van der Waals surface area (Å²) in [4.78, 5) is 24.8. The maximum Gasteiger partial charge on any atom is 0.241 e. The van der Waals surface area contributed by atoms with Crippen LogP contribution in [-0.4, -0.2) is 36.2 Å². The molecule has 4 rings (SSSR count). The molecule has 0 saturated carbocycles. The molecule has 1 aliphatic heterocycles. The van der Waals surface area contributed by atoms with E-state index in [0.717, 1.165) is 21.1 Å². The first-order valence-electron chi connectivity index (χ1n) is 8.07. The molecule has 3 aromatic rings. The lowest BCUT2D eigenvalue weighted by Gasteiger charge is -2.25. The molecule has 0 saturated heterocycles. The van der Waals surface area contributed by atoms with Gasteiger partial charge >= 0.3 is 0 Å². The van der Waals surface area contributed by atoms with Crippen molar-refractivity contribution in [1.82, 2.24) is 15.0 Å². The Morgan fingerprint density at radius 1 is 1.37 bits per heavy atom. The van der Waals surface area contributed by atoms with Crippen LogP contribution < -0.4 is 4.31 Å². The van der Waals surface area contributed by atoms with E-state index >= 15 is 0 Å². The van der Waals surface area contributed by atoms with Gasteiger partial charge in [-0.25, -0.2) is 22.7 Å². The Morgan fingerprint density at radius 2 is 2.19 bits per heavy atom. The van der Waals surface area contributed by atoms with Gasteiger partial charge in [-0.15, -0.1) is 11.3 Å². The highest BCUT2D eigenvalue weighted by Crippen LogP contribution is 2.42. The topological polar surface area (TPSA) is 119 Å². The number of oxazole rings is 1. The second kappa shape index (κ2) is 6.50. The van der Waals surface area contributed by atoms with Crippen LogP contribution in [-0.2, 0) is 10.0 Å². The molecule has 0 amide bonds. The Labute approximate surface area is 159 Å². The van der Waals surface area contributed by atoms with Crippen LogP contribution in [0.1, 0.15) is 23.9 Å². The maximum absolute atomic E-state index is 12.1. The van der Waals surface area contributed by atoms with E-state index in [-0.39, 0.29) is 30.4 Å². The van der Waals surface area contributed by atoms with E-state index in [1.165, 1.54) is 11.3 Å². The van der Waals surface area contributed by atoms with Crippen molar-refractivity contribution in [2.75, 3.05) is 17.1 Å². The Bertz CT molecular complexity index is 1110. The summed E-state index contributed by atoms with van der Waals surface area (Å²) >= 11 is 1.36. The van der Waals surface area contributed by atoms with E-state index in [1.807, 2.05) is 19.1 Å². The van der Waals surface area contributed by atoms with E-state index in [9.17, 15) is 13.3 Å². The quantitative estimate of drug-likeness (QED) is 0.612. The summed E-state index contributed by atoms with van der Waals surface area (Å²) in [7, 11) is -3.55. The van der Waals surface area contributed by atoms with Crippen molar-refractivity contribution in [3.63, 3.8) is 0 Å². The zero-order valence-corrected chi connectivity index (χ0v) is 16.1. The first-order chi connectivity index (χ1) is 12.9. The number of aromatic nitrogens is 3. The summed E-state index contributed by atoms with van der Waals surface area (Å²) < 4.78 is 31.0. The first kappa shape index (κ1) is 17.7. The van der Waals surface area contributed by atoms with Crippen LogP contribution in [0.2, 0.25) is 0 Å². The van der Waals surface area contributed by atoms with Crippen LogP contribution in [0, 0.1) is 11.8 Å². The largest absolute Gasteiger partial charge is 0.418 e. The second-order valence-corrected chi connectivity index (χ2v) is 9.04. The predicted molar refractivity (Wildman–Crippen MR) is 101 cm³/mol. The fourth-order valence-electron chi connectivity index (χ4n) is 2.92. The number of aryl methyl sites for hydroxylation is 1. The van der Waals surface area contributed by atoms with E-state index in [1.54, 1.807) is 12.4 Å². The van der Waals surface area contributed by atoms with Gasteiger partial charge in [0.15, 0.2) is 0 Å². The second-order valence-electron chi connectivity index (χ2n) is 6.13. The molecule has 0 radical (unpaired) electrons. The third-order valence-electron chi connectivity index (χ3n) is 4.21. The average Bonchev–Trinajstić information content (AvgIpc) is 3.24. The Morgan fingerprint density at radius 3 is 2.85 bits per heavy atom. The Kier molecular flexibility index (Phi) is 4.27. The van der Waals surface area contributed by atoms with E-state index in [0.29, 0.717) is 10.6 Å². The molecule has 0 bridgehead atoms. The van der Waals surface area contributed by atoms with Gasteiger partial charge in [0.2, 0.25) is 21.8 Å². The summed E-state index contributed by atoms with van der Waals surface area (Å²) in [5.74, 6) is 0.286. The van der Waals surface area contributed by atoms with Crippen LogP contribution in [0.25, 0.3) is 21.3 Å². The van der Waals surface area contributed by atoms with Gasteiger partial charge in [-0.2, -0.15) is 4.91 Å². The number of thiazole rings is 1. The van der Waals surface area contributed by atoms with E-state index in [2.05, 4.69) is 20.1 Å². The number of hydrogen-bond donors (Lipinski definition) is 0. The number of sulfonamides is 1. The molecule has 3 aromatic heterocycles. The zero-order chi connectivity index (χ0) is 19.2. The molecule has 0 fully saturated rings. The van der Waals surface area contributed by atoms with E-state index in [4.69, 9.17) is 4.42 Å². The van der Waals surface area contributed by atoms with Crippen LogP contribution >= 0.6 is 11.3 Å². The monoisotopic (exact) mass is 405 g/mol. The highest BCUT2D eigenvalue weighted by molar-refractivity contribution is 7.92. The molecule has 140 valence electrons. The predicted octanol–water partition coefficient (Wildman–Crippen LogP) is 3.15. The van der Waals surface area contributed by atoms with Gasteiger partial charge in [0, 0.05) is 24.5 Å². The molecular formula is C16H15N5O4S2. The van der Waals surface area contributed by atoms with Crippen LogP contribution in [0.3, 0.4) is 0 Å². The number of nitroso groups, excluding NO2 is 1. The molecule has 11 heteroatoms. The Balaban J connectivity index is 1.82. The lowest BCUT2D eigenvalue weighted by molar-refractivity contribution is 0.525. The molecule has 0 aromatic carbocycles. The van der Waals surface area contributed by atoms with Crippen molar-refractivity contribution in [3.05, 3.63) is 40.8 Å². The molecular weight excluding hydrogens is 390 g/mol. The summed E-state index contributed by atoms with van der Waals surface area (Å²) in [6.07, 6.45) is 4.74. The molecule has 0 N–H and O–H groups in total. The smallest absolute Gasteiger partial charge is 0.241 e. The third kappa shape index (κ3) is 3.12. The summed E-state index contributed by atoms with van der Waals surface area (Å²) in [6, 6.07) is 2.98. The number of pyridine rings is 1. The number of rotatable bonds is 4. The Hall–Kier alpha value is -2.66. The minimum atomic E-state index is -3.55. The van der Waals surface area contributed by atoms with Gasteiger partial charge in [0.25, 0.3) is 0 Å². The number of hydrogen-bond acceptors (Lipinski definition) is 9. The maximum atomic E-state index is 12.1. The average molecular weight is 405 g/mol. The van der Waals surface area contributed by atoms with Crippen molar-refractivity contribution < 1.29 is 12.8 Å². The zero-order valence-electron chi connectivity index (χ0n) is 14.5. The molecule has 0 spiro atoms. The summed E-state index contributed by atoms with van der Waals surface area (Å²) in [5, 5.41) is 3.82. The molecule has 0 aliphatic carbocycles. The van der Waals surface area contributed by atoms with E-state index < -0.39 is 16.1 Å². The van der Waals surface area contributed by atoms with Crippen molar-refractivity contribution in [1.29, 1.82) is 0 Å². The molecule has 1 aliphatic rings. The van der Waals surface area contributed by atoms with Gasteiger partial charge < -0.3 is 4.42 Å². The van der Waals surface area contributed by atoms with Crippen LogP contribution in [0.5, 0.6) is 0 Å².